The number of amides is 2. The van der Waals surface area contributed by atoms with E-state index in [1.165, 1.54) is 49.2 Å². The summed E-state index contributed by atoms with van der Waals surface area (Å²) in [5, 5.41) is 12.3. The van der Waals surface area contributed by atoms with Crippen molar-refractivity contribution in [2.24, 2.45) is 23.5 Å². The molecule has 8 rings (SSSR count). The molecule has 6 atom stereocenters. The van der Waals surface area contributed by atoms with Gasteiger partial charge in [0.05, 0.1) is 21.7 Å². The van der Waals surface area contributed by atoms with Crippen molar-refractivity contribution in [3.8, 4) is 0 Å². The smallest absolute Gasteiger partial charge is 0.256 e. The summed E-state index contributed by atoms with van der Waals surface area (Å²) in [6.45, 7) is 2.87. The molecule has 0 spiro atoms. The molecule has 5 heterocycles. The highest BCUT2D eigenvalue weighted by Gasteiger charge is 2.47. The van der Waals surface area contributed by atoms with E-state index in [0.29, 0.717) is 48.7 Å². The van der Waals surface area contributed by atoms with Crippen LogP contribution in [0, 0.1) is 23.6 Å². The van der Waals surface area contributed by atoms with Crippen molar-refractivity contribution < 1.29 is 14.0 Å². The number of thiophene rings is 1. The third kappa shape index (κ3) is 5.02. The van der Waals surface area contributed by atoms with E-state index in [0.717, 1.165) is 29.7 Å². The van der Waals surface area contributed by atoms with Gasteiger partial charge in [-0.2, -0.15) is 4.98 Å². The number of rotatable bonds is 7. The Morgan fingerprint density at radius 2 is 1.77 bits per heavy atom. The first-order valence-electron chi connectivity index (χ1n) is 15.7. The Morgan fingerprint density at radius 3 is 2.52 bits per heavy atom. The van der Waals surface area contributed by atoms with Crippen molar-refractivity contribution in [1.82, 2.24) is 25.1 Å². The zero-order chi connectivity index (χ0) is 29.9. The normalized spacial score (nSPS) is 31.1. The first-order chi connectivity index (χ1) is 21.4. The number of nitrogens with two attached hydrogens (primary N) is 1. The van der Waals surface area contributed by atoms with E-state index in [4.69, 9.17) is 10.7 Å². The second kappa shape index (κ2) is 11.1. The summed E-state index contributed by atoms with van der Waals surface area (Å²) < 4.78 is 16.3. The summed E-state index contributed by atoms with van der Waals surface area (Å²) in [7, 11) is 0. The van der Waals surface area contributed by atoms with Crippen molar-refractivity contribution in [1.29, 1.82) is 0 Å². The van der Waals surface area contributed by atoms with Crippen LogP contribution in [0.5, 0.6) is 0 Å². The molecule has 3 saturated heterocycles. The lowest BCUT2D eigenvalue weighted by Crippen LogP contribution is -2.55. The Bertz CT molecular complexity index is 1630. The van der Waals surface area contributed by atoms with E-state index < -0.39 is 5.82 Å². The van der Waals surface area contributed by atoms with Crippen LogP contribution in [0.2, 0.25) is 0 Å². The number of hydrogen-bond donors (Lipinski definition) is 4. The lowest BCUT2D eigenvalue weighted by atomic mass is 9.88. The molecule has 12 heteroatoms. The predicted molar refractivity (Wildman–Crippen MR) is 168 cm³/mol. The van der Waals surface area contributed by atoms with E-state index in [2.05, 4.69) is 38.0 Å². The van der Waals surface area contributed by atoms with Crippen LogP contribution in [-0.2, 0) is 4.79 Å². The van der Waals surface area contributed by atoms with Gasteiger partial charge < -0.3 is 26.6 Å². The number of aromatic nitrogens is 2. The Labute approximate surface area is 259 Å². The molecule has 2 amide bonds. The van der Waals surface area contributed by atoms with Crippen molar-refractivity contribution in [3.63, 3.8) is 0 Å². The minimum absolute atomic E-state index is 0.0716. The Morgan fingerprint density at radius 1 is 1.00 bits per heavy atom. The average Bonchev–Trinajstić information content (AvgIpc) is 3.82. The van der Waals surface area contributed by atoms with Crippen LogP contribution in [-0.4, -0.2) is 81.9 Å². The SMILES string of the molecule is NC(=O)C1C2C=CC(C2)C1Nc1nc(Nc2ccc(C(=O)N3CCN(C4CC5CCC(C4)N5)CC3)c(F)c2)nc2ccsc12. The van der Waals surface area contributed by atoms with Crippen LogP contribution in [0.15, 0.2) is 41.8 Å². The van der Waals surface area contributed by atoms with E-state index in [1.807, 2.05) is 11.4 Å². The summed E-state index contributed by atoms with van der Waals surface area (Å²) >= 11 is 1.52. The van der Waals surface area contributed by atoms with Crippen molar-refractivity contribution in [2.75, 3.05) is 36.8 Å². The maximum atomic E-state index is 15.4. The third-order valence-corrected chi connectivity index (χ3v) is 11.3. The van der Waals surface area contributed by atoms with Crippen LogP contribution in [0.1, 0.15) is 42.5 Å². The number of carbonyl (C=O) groups is 2. The third-order valence-electron chi connectivity index (χ3n) is 10.4. The number of piperidine rings is 1. The maximum Gasteiger partial charge on any atom is 0.256 e. The number of nitrogens with zero attached hydrogens (tertiary/aromatic N) is 4. The van der Waals surface area contributed by atoms with E-state index in [9.17, 15) is 9.59 Å². The summed E-state index contributed by atoms with van der Waals surface area (Å²) in [5.41, 5.74) is 7.04. The van der Waals surface area contributed by atoms with Gasteiger partial charge in [-0.25, -0.2) is 9.37 Å². The van der Waals surface area contributed by atoms with Crippen molar-refractivity contribution in [3.05, 3.63) is 53.2 Å². The van der Waals surface area contributed by atoms with Gasteiger partial charge >= 0.3 is 0 Å². The number of anilines is 3. The lowest BCUT2D eigenvalue weighted by Gasteiger charge is -2.42. The molecule has 2 aromatic heterocycles. The van der Waals surface area contributed by atoms with Crippen LogP contribution in [0.25, 0.3) is 10.2 Å². The number of halogens is 1. The molecule has 5 aliphatic rings. The average molecular weight is 617 g/mol. The molecule has 6 unspecified atom stereocenters. The van der Waals surface area contributed by atoms with Gasteiger partial charge in [0.1, 0.15) is 11.6 Å². The molecular weight excluding hydrogens is 579 g/mol. The highest BCUT2D eigenvalue weighted by Crippen LogP contribution is 2.45. The number of piperazine rings is 1. The minimum Gasteiger partial charge on any atom is -0.369 e. The Hall–Kier alpha value is -3.61. The number of allylic oxidation sites excluding steroid dienone is 1. The second-order valence-electron chi connectivity index (χ2n) is 13.0. The molecule has 1 aromatic carbocycles. The second-order valence-corrected chi connectivity index (χ2v) is 13.9. The number of carbonyl (C=O) groups excluding carboxylic acids is 2. The summed E-state index contributed by atoms with van der Waals surface area (Å²) in [4.78, 5) is 39.2. The Kier molecular flexibility index (Phi) is 7.03. The molecule has 10 nitrogen and oxygen atoms in total. The molecule has 1 saturated carbocycles. The summed E-state index contributed by atoms with van der Waals surface area (Å²) in [6.07, 6.45) is 10.0. The van der Waals surface area contributed by atoms with Crippen LogP contribution in [0.4, 0.5) is 21.8 Å². The molecule has 3 aromatic rings. The van der Waals surface area contributed by atoms with Crippen molar-refractivity contribution in [2.45, 2.75) is 56.3 Å². The fraction of sp³-hybridized carbons (Fsp3) is 0.500. The topological polar surface area (TPSA) is 129 Å². The van der Waals surface area contributed by atoms with Gasteiger partial charge in [0.25, 0.3) is 5.91 Å². The number of nitrogens with one attached hydrogen (secondary N) is 3. The zero-order valence-corrected chi connectivity index (χ0v) is 25.2. The monoisotopic (exact) mass is 616 g/mol. The minimum atomic E-state index is -0.578. The molecule has 5 N–H and O–H groups in total. The quantitative estimate of drug-likeness (QED) is 0.296. The number of fused-ring (bicyclic) bond motifs is 5. The van der Waals surface area contributed by atoms with Crippen LogP contribution < -0.4 is 21.7 Å². The van der Waals surface area contributed by atoms with Gasteiger partial charge in [-0.3, -0.25) is 14.5 Å². The first-order valence-corrected chi connectivity index (χ1v) is 16.6. The predicted octanol–water partition coefficient (Wildman–Crippen LogP) is 3.70. The van der Waals surface area contributed by atoms with E-state index in [1.54, 1.807) is 11.0 Å². The molecule has 230 valence electrons. The lowest BCUT2D eigenvalue weighted by molar-refractivity contribution is -0.122. The molecule has 4 fully saturated rings. The molecular formula is C32H37FN8O2S. The molecule has 2 aliphatic carbocycles. The van der Waals surface area contributed by atoms with E-state index in [-0.39, 0.29) is 41.2 Å². The Balaban J connectivity index is 0.947. The molecule has 4 bridgehead atoms. The summed E-state index contributed by atoms with van der Waals surface area (Å²) in [5.74, 6) is -0.188. The molecule has 3 aliphatic heterocycles. The van der Waals surface area contributed by atoms with Gasteiger partial charge in [-0.15, -0.1) is 11.3 Å². The molecule has 44 heavy (non-hydrogen) atoms. The standard InChI is InChI=1S/C32H37FN8O2S/c33-24-16-21(5-6-23(24)31(43)41-10-8-40(9-11-41)22-14-19-3-4-20(15-22)35-19)36-32-37-25-7-12-44-28(25)30(39-32)38-27-18-2-1-17(13-18)26(27)29(34)42/h1-2,5-7,12,16-20,22,26-27,35H,3-4,8-11,13-15H2,(H2,34,42)(H2,36,37,38,39). The van der Waals surface area contributed by atoms with E-state index >= 15 is 4.39 Å². The number of primary amides is 1. The number of hydrogen-bond acceptors (Lipinski definition) is 9. The first kappa shape index (κ1) is 27.9. The van der Waals surface area contributed by atoms with Gasteiger partial charge in [-0.1, -0.05) is 12.2 Å². The maximum absolute atomic E-state index is 15.4. The number of benzene rings is 1. The fourth-order valence-electron chi connectivity index (χ4n) is 8.26. The largest absolute Gasteiger partial charge is 0.369 e. The summed E-state index contributed by atoms with van der Waals surface area (Å²) in [6, 6.07) is 8.16. The van der Waals surface area contributed by atoms with Gasteiger partial charge in [0.15, 0.2) is 0 Å². The molecule has 0 radical (unpaired) electrons. The van der Waals surface area contributed by atoms with Gasteiger partial charge in [-0.05, 0) is 73.6 Å². The van der Waals surface area contributed by atoms with Gasteiger partial charge in [0.2, 0.25) is 11.9 Å². The zero-order valence-electron chi connectivity index (χ0n) is 24.4. The fourth-order valence-corrected chi connectivity index (χ4v) is 9.05. The van der Waals surface area contributed by atoms with Crippen molar-refractivity contribution >= 4 is 50.8 Å². The highest BCUT2D eigenvalue weighted by atomic mass is 32.1. The highest BCUT2D eigenvalue weighted by molar-refractivity contribution is 7.17. The van der Waals surface area contributed by atoms with Crippen LogP contribution in [0.3, 0.4) is 0 Å². The van der Waals surface area contributed by atoms with Crippen LogP contribution >= 0.6 is 11.3 Å². The van der Waals surface area contributed by atoms with Gasteiger partial charge in [0, 0.05) is 56.0 Å².